The van der Waals surface area contributed by atoms with E-state index in [-0.39, 0.29) is 22.8 Å². The lowest BCUT2D eigenvalue weighted by atomic mass is 9.99. The summed E-state index contributed by atoms with van der Waals surface area (Å²) in [6.45, 7) is 1.15. The van der Waals surface area contributed by atoms with Gasteiger partial charge in [-0.05, 0) is 64.2 Å². The molecule has 43 heavy (non-hydrogen) atoms. The minimum atomic E-state index is -4.51. The second-order valence-electron chi connectivity index (χ2n) is 9.46. The number of methoxy groups -OCH3 is 1. The average molecular weight is 614 g/mol. The maximum atomic E-state index is 13.5. The van der Waals surface area contributed by atoms with E-state index in [1.54, 1.807) is 30.3 Å². The Morgan fingerprint density at radius 2 is 1.40 bits per heavy atom. The van der Waals surface area contributed by atoms with Crippen molar-refractivity contribution >= 4 is 29.4 Å². The van der Waals surface area contributed by atoms with E-state index in [0.29, 0.717) is 22.3 Å². The summed E-state index contributed by atoms with van der Waals surface area (Å²) in [5.74, 6) is -2.87. The van der Waals surface area contributed by atoms with Gasteiger partial charge in [-0.1, -0.05) is 60.1 Å². The summed E-state index contributed by atoms with van der Waals surface area (Å²) in [4.78, 5) is 37.8. The van der Waals surface area contributed by atoms with E-state index >= 15 is 0 Å². The largest absolute Gasteiger partial charge is 0.467 e. The molecular weight excluding hydrogens is 590 g/mol. The van der Waals surface area contributed by atoms with Crippen molar-refractivity contribution in [3.63, 3.8) is 0 Å². The lowest BCUT2D eigenvalue weighted by Gasteiger charge is -2.18. The second-order valence-corrected chi connectivity index (χ2v) is 9.87. The van der Waals surface area contributed by atoms with Gasteiger partial charge in [0.2, 0.25) is 0 Å². The standard InChI is InChI=1S/C32H24ClF4NO5/c1-18(39)43-29-14-10-22(21-7-11-24(12-8-21)32(35,36)37)16-25(29)30(40)38-28(31(41)42-2)15-19-3-5-20(6-4-19)23-9-13-27(34)26(33)17-23/h3-14,16-17,28H,15H2,1-2H3,(H,38,40)/t28-/m0/s1. The van der Waals surface area contributed by atoms with Crippen LogP contribution in [0.5, 0.6) is 5.75 Å². The van der Waals surface area contributed by atoms with E-state index in [4.69, 9.17) is 21.1 Å². The van der Waals surface area contributed by atoms with Gasteiger partial charge in [0.25, 0.3) is 5.91 Å². The molecule has 1 atom stereocenters. The minimum absolute atomic E-state index is 0.0226. The normalized spacial score (nSPS) is 11.9. The molecule has 0 saturated carbocycles. The van der Waals surface area contributed by atoms with Crippen LogP contribution in [-0.2, 0) is 26.9 Å². The first-order valence-corrected chi connectivity index (χ1v) is 13.2. The predicted molar refractivity (Wildman–Crippen MR) is 152 cm³/mol. The Kier molecular flexibility index (Phi) is 9.50. The average Bonchev–Trinajstić information content (AvgIpc) is 2.97. The molecule has 0 heterocycles. The topological polar surface area (TPSA) is 81.7 Å². The van der Waals surface area contributed by atoms with Crippen molar-refractivity contribution in [2.45, 2.75) is 25.6 Å². The minimum Gasteiger partial charge on any atom is -0.467 e. The number of nitrogens with one attached hydrogen (secondary N) is 1. The van der Waals surface area contributed by atoms with Crippen LogP contribution in [0, 0.1) is 5.82 Å². The number of hydrogen-bond acceptors (Lipinski definition) is 5. The van der Waals surface area contributed by atoms with Crippen LogP contribution in [0.25, 0.3) is 22.3 Å². The summed E-state index contributed by atoms with van der Waals surface area (Å²) >= 11 is 5.88. The number of alkyl halides is 3. The Morgan fingerprint density at radius 3 is 1.95 bits per heavy atom. The second kappa shape index (κ2) is 13.1. The number of rotatable bonds is 8. The summed E-state index contributed by atoms with van der Waals surface area (Å²) in [6.07, 6.45) is -4.48. The van der Waals surface area contributed by atoms with Crippen LogP contribution in [0.2, 0.25) is 5.02 Å². The third-order valence-corrected chi connectivity index (χ3v) is 6.75. The van der Waals surface area contributed by atoms with E-state index in [2.05, 4.69) is 5.32 Å². The summed E-state index contributed by atoms with van der Waals surface area (Å²) in [5, 5.41) is 2.58. The van der Waals surface area contributed by atoms with Gasteiger partial charge in [-0.3, -0.25) is 9.59 Å². The molecule has 0 fully saturated rings. The Morgan fingerprint density at radius 1 is 0.837 bits per heavy atom. The third-order valence-electron chi connectivity index (χ3n) is 6.46. The Hall–Kier alpha value is -4.70. The first-order valence-electron chi connectivity index (χ1n) is 12.8. The molecule has 6 nitrogen and oxygen atoms in total. The fourth-order valence-corrected chi connectivity index (χ4v) is 4.48. The number of esters is 2. The molecule has 4 aromatic carbocycles. The number of benzene rings is 4. The zero-order valence-electron chi connectivity index (χ0n) is 22.8. The van der Waals surface area contributed by atoms with Gasteiger partial charge in [0.15, 0.2) is 0 Å². The highest BCUT2D eigenvalue weighted by atomic mass is 35.5. The Labute approximate surface area is 249 Å². The van der Waals surface area contributed by atoms with Crippen LogP contribution in [0.3, 0.4) is 0 Å². The van der Waals surface area contributed by atoms with Crippen LogP contribution in [0.15, 0.2) is 84.9 Å². The lowest BCUT2D eigenvalue weighted by Crippen LogP contribution is -2.43. The van der Waals surface area contributed by atoms with Gasteiger partial charge in [-0.25, -0.2) is 9.18 Å². The quantitative estimate of drug-likeness (QED) is 0.128. The van der Waals surface area contributed by atoms with Crippen LogP contribution in [0.4, 0.5) is 17.6 Å². The van der Waals surface area contributed by atoms with Crippen molar-refractivity contribution < 1.29 is 41.4 Å². The molecule has 0 unspecified atom stereocenters. The number of carbonyl (C=O) groups excluding carboxylic acids is 3. The molecular formula is C32H24ClF4NO5. The van der Waals surface area contributed by atoms with Gasteiger partial charge < -0.3 is 14.8 Å². The Bertz CT molecular complexity index is 1650. The number of amides is 1. The van der Waals surface area contributed by atoms with Crippen LogP contribution in [0.1, 0.15) is 28.4 Å². The van der Waals surface area contributed by atoms with Crippen molar-refractivity contribution in [2.75, 3.05) is 7.11 Å². The fourth-order valence-electron chi connectivity index (χ4n) is 4.30. The first-order chi connectivity index (χ1) is 20.3. The molecule has 0 aliphatic rings. The van der Waals surface area contributed by atoms with Gasteiger partial charge in [0.05, 0.1) is 23.3 Å². The summed E-state index contributed by atoms with van der Waals surface area (Å²) in [7, 11) is 1.17. The highest BCUT2D eigenvalue weighted by Gasteiger charge is 2.30. The molecule has 222 valence electrons. The zero-order valence-corrected chi connectivity index (χ0v) is 23.6. The maximum absolute atomic E-state index is 13.5. The highest BCUT2D eigenvalue weighted by molar-refractivity contribution is 6.31. The molecule has 0 bridgehead atoms. The van der Waals surface area contributed by atoms with Gasteiger partial charge in [-0.15, -0.1) is 0 Å². The summed E-state index contributed by atoms with van der Waals surface area (Å²) in [6, 6.07) is 18.7. The maximum Gasteiger partial charge on any atom is 0.416 e. The fraction of sp³-hybridized carbons (Fsp3) is 0.156. The molecule has 0 spiro atoms. The lowest BCUT2D eigenvalue weighted by molar-refractivity contribution is -0.143. The van der Waals surface area contributed by atoms with Crippen LogP contribution in [-0.4, -0.2) is 31.0 Å². The molecule has 0 radical (unpaired) electrons. The number of halogens is 5. The third kappa shape index (κ3) is 7.78. The van der Waals surface area contributed by atoms with Crippen molar-refractivity contribution in [1.29, 1.82) is 0 Å². The van der Waals surface area contributed by atoms with E-state index < -0.39 is 41.4 Å². The molecule has 1 amide bonds. The molecule has 4 aromatic rings. The van der Waals surface area contributed by atoms with Gasteiger partial charge in [0, 0.05) is 13.3 Å². The number of carbonyl (C=O) groups is 3. The van der Waals surface area contributed by atoms with E-state index in [0.717, 1.165) is 24.6 Å². The van der Waals surface area contributed by atoms with E-state index in [1.165, 1.54) is 49.6 Å². The van der Waals surface area contributed by atoms with Crippen molar-refractivity contribution in [3.05, 3.63) is 112 Å². The molecule has 11 heteroatoms. The molecule has 0 aliphatic carbocycles. The first kappa shape index (κ1) is 31.2. The smallest absolute Gasteiger partial charge is 0.416 e. The molecule has 0 aromatic heterocycles. The van der Waals surface area contributed by atoms with Gasteiger partial charge in [0.1, 0.15) is 17.6 Å². The van der Waals surface area contributed by atoms with E-state index in [9.17, 15) is 31.9 Å². The highest BCUT2D eigenvalue weighted by Crippen LogP contribution is 2.33. The number of ether oxygens (including phenoxy) is 2. The van der Waals surface area contributed by atoms with Gasteiger partial charge >= 0.3 is 18.1 Å². The van der Waals surface area contributed by atoms with Crippen molar-refractivity contribution in [3.8, 4) is 28.0 Å². The van der Waals surface area contributed by atoms with Crippen molar-refractivity contribution in [1.82, 2.24) is 5.32 Å². The van der Waals surface area contributed by atoms with Crippen LogP contribution < -0.4 is 10.1 Å². The molecule has 0 saturated heterocycles. The van der Waals surface area contributed by atoms with Crippen LogP contribution >= 0.6 is 11.6 Å². The summed E-state index contributed by atoms with van der Waals surface area (Å²) in [5.41, 5.74) is 1.89. The number of hydrogen-bond donors (Lipinski definition) is 1. The van der Waals surface area contributed by atoms with Gasteiger partial charge in [-0.2, -0.15) is 13.2 Å². The monoisotopic (exact) mass is 613 g/mol. The van der Waals surface area contributed by atoms with Crippen molar-refractivity contribution in [2.24, 2.45) is 0 Å². The molecule has 4 rings (SSSR count). The Balaban J connectivity index is 1.59. The molecule has 0 aliphatic heterocycles. The zero-order chi connectivity index (χ0) is 31.3. The summed E-state index contributed by atoms with van der Waals surface area (Å²) < 4.78 is 62.6. The molecule has 1 N–H and O–H groups in total. The van der Waals surface area contributed by atoms with E-state index in [1.807, 2.05) is 0 Å². The SMILES string of the molecule is COC(=O)[C@H](Cc1ccc(-c2ccc(F)c(Cl)c2)cc1)NC(=O)c1cc(-c2ccc(C(F)(F)F)cc2)ccc1OC(C)=O. The predicted octanol–water partition coefficient (Wildman–Crippen LogP) is 7.27.